The van der Waals surface area contributed by atoms with Crippen LogP contribution < -0.4 is 10.2 Å². The lowest BCUT2D eigenvalue weighted by molar-refractivity contribution is 0.249. The molecular formula is C13H20Cl2N4. The summed E-state index contributed by atoms with van der Waals surface area (Å²) in [5.74, 6) is 1.50. The van der Waals surface area contributed by atoms with E-state index in [1.54, 1.807) is 6.07 Å². The SMILES string of the molecule is CNc1nc(N2CCC(N(C)C)CC2)c(Cl)cc1Cl. The molecule has 0 atom stereocenters. The fraction of sp³-hybridized carbons (Fsp3) is 0.615. The number of halogens is 2. The fourth-order valence-electron chi connectivity index (χ4n) is 2.45. The van der Waals surface area contributed by atoms with Crippen LogP contribution in [-0.2, 0) is 0 Å². The average molecular weight is 303 g/mol. The number of anilines is 2. The van der Waals surface area contributed by atoms with E-state index in [0.717, 1.165) is 31.7 Å². The summed E-state index contributed by atoms with van der Waals surface area (Å²) in [5, 5.41) is 4.17. The maximum atomic E-state index is 6.26. The summed E-state index contributed by atoms with van der Waals surface area (Å²) in [4.78, 5) is 9.04. The molecule has 1 fully saturated rings. The third-order valence-corrected chi connectivity index (χ3v) is 4.21. The number of hydrogen-bond donors (Lipinski definition) is 1. The minimum Gasteiger partial charge on any atom is -0.372 e. The van der Waals surface area contributed by atoms with E-state index in [-0.39, 0.29) is 0 Å². The molecule has 2 rings (SSSR count). The van der Waals surface area contributed by atoms with Gasteiger partial charge in [0, 0.05) is 26.2 Å². The predicted octanol–water partition coefficient (Wildman–Crippen LogP) is 2.96. The molecule has 19 heavy (non-hydrogen) atoms. The minimum absolute atomic E-state index is 0.555. The van der Waals surface area contributed by atoms with E-state index in [1.807, 2.05) is 7.05 Å². The van der Waals surface area contributed by atoms with Crippen LogP contribution in [0.2, 0.25) is 10.0 Å². The molecule has 106 valence electrons. The van der Waals surface area contributed by atoms with Crippen LogP contribution in [-0.4, -0.2) is 50.2 Å². The predicted molar refractivity (Wildman–Crippen MR) is 82.7 cm³/mol. The Labute approximate surface area is 124 Å². The number of aromatic nitrogens is 1. The average Bonchev–Trinajstić information content (AvgIpc) is 2.39. The smallest absolute Gasteiger partial charge is 0.149 e. The Kier molecular flexibility index (Phi) is 4.76. The molecule has 0 aromatic carbocycles. The van der Waals surface area contributed by atoms with Gasteiger partial charge in [-0.2, -0.15) is 0 Å². The van der Waals surface area contributed by atoms with Crippen molar-refractivity contribution in [2.75, 3.05) is 44.4 Å². The van der Waals surface area contributed by atoms with Crippen LogP contribution in [0.3, 0.4) is 0 Å². The second-order valence-electron chi connectivity index (χ2n) is 5.06. The van der Waals surface area contributed by atoms with Crippen LogP contribution >= 0.6 is 23.2 Å². The van der Waals surface area contributed by atoms with E-state index < -0.39 is 0 Å². The van der Waals surface area contributed by atoms with Gasteiger partial charge >= 0.3 is 0 Å². The molecule has 6 heteroatoms. The highest BCUT2D eigenvalue weighted by molar-refractivity contribution is 6.37. The summed E-state index contributed by atoms with van der Waals surface area (Å²) in [7, 11) is 6.07. The Morgan fingerprint density at radius 3 is 2.42 bits per heavy atom. The van der Waals surface area contributed by atoms with E-state index in [1.165, 1.54) is 0 Å². The Balaban J connectivity index is 2.15. The van der Waals surface area contributed by atoms with Crippen molar-refractivity contribution >= 4 is 34.8 Å². The first-order valence-electron chi connectivity index (χ1n) is 6.48. The summed E-state index contributed by atoms with van der Waals surface area (Å²) >= 11 is 12.3. The molecule has 1 N–H and O–H groups in total. The summed E-state index contributed by atoms with van der Waals surface area (Å²) in [6.07, 6.45) is 2.26. The van der Waals surface area contributed by atoms with Crippen molar-refractivity contribution in [1.82, 2.24) is 9.88 Å². The van der Waals surface area contributed by atoms with Gasteiger partial charge in [0.15, 0.2) is 0 Å². The van der Waals surface area contributed by atoms with Gasteiger partial charge < -0.3 is 15.1 Å². The van der Waals surface area contributed by atoms with Crippen LogP contribution in [0.1, 0.15) is 12.8 Å². The Bertz CT molecular complexity index is 443. The standard InChI is InChI=1S/C13H20Cl2N4/c1-16-12-10(14)8-11(15)13(17-12)19-6-4-9(5-7-19)18(2)3/h8-9H,4-7H2,1-3H3,(H,16,17). The number of nitrogens with zero attached hydrogens (tertiary/aromatic N) is 3. The molecule has 1 aromatic heterocycles. The van der Waals surface area contributed by atoms with Crippen LogP contribution in [0, 0.1) is 0 Å². The van der Waals surface area contributed by atoms with E-state index in [2.05, 4.69) is 34.2 Å². The van der Waals surface area contributed by atoms with Gasteiger partial charge in [-0.1, -0.05) is 23.2 Å². The first-order chi connectivity index (χ1) is 9.02. The highest BCUT2D eigenvalue weighted by atomic mass is 35.5. The van der Waals surface area contributed by atoms with Crippen molar-refractivity contribution in [3.8, 4) is 0 Å². The second kappa shape index (κ2) is 6.16. The first kappa shape index (κ1) is 14.7. The molecule has 0 aliphatic carbocycles. The summed E-state index contributed by atoms with van der Waals surface area (Å²) < 4.78 is 0. The molecule has 1 aliphatic rings. The zero-order valence-corrected chi connectivity index (χ0v) is 13.1. The largest absolute Gasteiger partial charge is 0.372 e. The number of rotatable bonds is 3. The van der Waals surface area contributed by atoms with Crippen molar-refractivity contribution in [3.63, 3.8) is 0 Å². The highest BCUT2D eigenvalue weighted by Gasteiger charge is 2.23. The van der Waals surface area contributed by atoms with Gasteiger partial charge in [-0.15, -0.1) is 0 Å². The van der Waals surface area contributed by atoms with E-state index in [0.29, 0.717) is 21.9 Å². The molecule has 0 bridgehead atoms. The van der Waals surface area contributed by atoms with Crippen LogP contribution in [0.15, 0.2) is 6.07 Å². The third-order valence-electron chi connectivity index (χ3n) is 3.64. The Morgan fingerprint density at radius 1 is 1.26 bits per heavy atom. The molecule has 1 aliphatic heterocycles. The van der Waals surface area contributed by atoms with Crippen molar-refractivity contribution in [3.05, 3.63) is 16.1 Å². The second-order valence-corrected chi connectivity index (χ2v) is 5.87. The monoisotopic (exact) mass is 302 g/mol. The van der Waals surface area contributed by atoms with Gasteiger partial charge in [0.25, 0.3) is 0 Å². The summed E-state index contributed by atoms with van der Waals surface area (Å²) in [5.41, 5.74) is 0. The van der Waals surface area contributed by atoms with Gasteiger partial charge in [0.1, 0.15) is 11.6 Å². The fourth-order valence-corrected chi connectivity index (χ4v) is 3.02. The number of pyridine rings is 1. The molecule has 0 saturated carbocycles. The lowest BCUT2D eigenvalue weighted by atomic mass is 10.0. The highest BCUT2D eigenvalue weighted by Crippen LogP contribution is 2.32. The Hall–Kier alpha value is -0.710. The van der Waals surface area contributed by atoms with Gasteiger partial charge in [-0.25, -0.2) is 4.98 Å². The normalized spacial score (nSPS) is 17.1. The summed E-state index contributed by atoms with van der Waals surface area (Å²) in [6, 6.07) is 2.40. The molecule has 0 unspecified atom stereocenters. The Morgan fingerprint density at radius 2 is 1.89 bits per heavy atom. The van der Waals surface area contributed by atoms with E-state index in [4.69, 9.17) is 23.2 Å². The molecular weight excluding hydrogens is 283 g/mol. The number of nitrogens with one attached hydrogen (secondary N) is 1. The zero-order chi connectivity index (χ0) is 14.0. The van der Waals surface area contributed by atoms with Gasteiger partial charge in [-0.05, 0) is 33.0 Å². The van der Waals surface area contributed by atoms with Crippen molar-refractivity contribution < 1.29 is 0 Å². The molecule has 0 spiro atoms. The first-order valence-corrected chi connectivity index (χ1v) is 7.23. The topological polar surface area (TPSA) is 31.4 Å². The van der Waals surface area contributed by atoms with Crippen LogP contribution in [0.25, 0.3) is 0 Å². The van der Waals surface area contributed by atoms with E-state index >= 15 is 0 Å². The molecule has 2 heterocycles. The minimum atomic E-state index is 0.555. The maximum absolute atomic E-state index is 6.26. The molecule has 0 radical (unpaired) electrons. The van der Waals surface area contributed by atoms with E-state index in [9.17, 15) is 0 Å². The van der Waals surface area contributed by atoms with Gasteiger partial charge in [0.2, 0.25) is 0 Å². The summed E-state index contributed by atoms with van der Waals surface area (Å²) in [6.45, 7) is 1.95. The van der Waals surface area contributed by atoms with Crippen LogP contribution in [0.4, 0.5) is 11.6 Å². The van der Waals surface area contributed by atoms with Crippen molar-refractivity contribution in [1.29, 1.82) is 0 Å². The van der Waals surface area contributed by atoms with Gasteiger partial charge in [0.05, 0.1) is 10.0 Å². The molecule has 1 saturated heterocycles. The number of hydrogen-bond acceptors (Lipinski definition) is 4. The number of piperidine rings is 1. The molecule has 1 aromatic rings. The van der Waals surface area contributed by atoms with Crippen molar-refractivity contribution in [2.24, 2.45) is 0 Å². The quantitative estimate of drug-likeness (QED) is 0.930. The molecule has 4 nitrogen and oxygen atoms in total. The third kappa shape index (κ3) is 3.25. The lowest BCUT2D eigenvalue weighted by Gasteiger charge is -2.36. The zero-order valence-electron chi connectivity index (χ0n) is 11.6. The van der Waals surface area contributed by atoms with Gasteiger partial charge in [-0.3, -0.25) is 0 Å². The molecule has 0 amide bonds. The van der Waals surface area contributed by atoms with Crippen molar-refractivity contribution in [2.45, 2.75) is 18.9 Å². The van der Waals surface area contributed by atoms with Crippen LogP contribution in [0.5, 0.6) is 0 Å². The maximum Gasteiger partial charge on any atom is 0.149 e. The lowest BCUT2D eigenvalue weighted by Crippen LogP contribution is -2.42.